The highest BCUT2D eigenvalue weighted by molar-refractivity contribution is 6.60. The van der Waals surface area contributed by atoms with E-state index in [1.54, 1.807) is 21.3 Å². The van der Waals surface area contributed by atoms with Gasteiger partial charge >= 0.3 is 8.80 Å². The molecule has 0 N–H and O–H groups in total. The largest absolute Gasteiger partial charge is 1.00 e. The second kappa shape index (κ2) is 7.03. The summed E-state index contributed by atoms with van der Waals surface area (Å²) in [6.07, 6.45) is 6.02. The number of imidazole rings is 1. The van der Waals surface area contributed by atoms with Gasteiger partial charge in [-0.05, 0) is 0 Å². The van der Waals surface area contributed by atoms with Crippen LogP contribution in [-0.2, 0) is 26.9 Å². The van der Waals surface area contributed by atoms with Gasteiger partial charge in [-0.25, -0.2) is 9.13 Å². The van der Waals surface area contributed by atoms with Crippen molar-refractivity contribution in [3.63, 3.8) is 0 Å². The zero-order valence-corrected chi connectivity index (χ0v) is 11.9. The van der Waals surface area contributed by atoms with Crippen molar-refractivity contribution in [2.45, 2.75) is 12.6 Å². The van der Waals surface area contributed by atoms with Crippen LogP contribution < -0.4 is 17.0 Å². The third kappa shape index (κ3) is 3.87. The van der Waals surface area contributed by atoms with Gasteiger partial charge in [0.2, 0.25) is 6.33 Å². The number of hydrogen-bond donors (Lipinski definition) is 0. The number of nitrogens with zero attached hydrogens (tertiary/aromatic N) is 2. The van der Waals surface area contributed by atoms with Gasteiger partial charge in [-0.1, -0.05) is 0 Å². The molecule has 1 rings (SSSR count). The van der Waals surface area contributed by atoms with Crippen molar-refractivity contribution in [1.82, 2.24) is 4.57 Å². The average molecular weight is 267 g/mol. The van der Waals surface area contributed by atoms with Crippen LogP contribution in [0.1, 0.15) is 0 Å². The monoisotopic (exact) mass is 266 g/mol. The minimum absolute atomic E-state index is 0. The highest BCUT2D eigenvalue weighted by Crippen LogP contribution is 2.13. The molecule has 1 aromatic heterocycles. The fraction of sp³-hybridized carbons (Fsp3) is 0.667. The summed E-state index contributed by atoms with van der Waals surface area (Å²) in [6.45, 7) is 0.836. The second-order valence-corrected chi connectivity index (χ2v) is 6.45. The van der Waals surface area contributed by atoms with Crippen LogP contribution in [0.15, 0.2) is 18.7 Å². The van der Waals surface area contributed by atoms with Gasteiger partial charge in [-0.3, -0.25) is 0 Å². The third-order valence-electron chi connectivity index (χ3n) is 2.43. The Balaban J connectivity index is 0.00000225. The lowest BCUT2D eigenvalue weighted by atomic mass is 10.7. The Bertz CT molecular complexity index is 296. The number of rotatable bonds is 6. The Morgan fingerprint density at radius 1 is 1.19 bits per heavy atom. The lowest BCUT2D eigenvalue weighted by Crippen LogP contribution is -3.00. The van der Waals surface area contributed by atoms with E-state index >= 15 is 0 Å². The molecule has 0 radical (unpaired) electrons. The van der Waals surface area contributed by atoms with Gasteiger partial charge < -0.3 is 25.7 Å². The first kappa shape index (κ1) is 15.6. The molecule has 5 nitrogen and oxygen atoms in total. The minimum Gasteiger partial charge on any atom is -1.00 e. The van der Waals surface area contributed by atoms with Gasteiger partial charge in [0.25, 0.3) is 0 Å². The van der Waals surface area contributed by atoms with E-state index in [4.69, 9.17) is 13.3 Å². The third-order valence-corrected chi connectivity index (χ3v) is 5.13. The van der Waals surface area contributed by atoms with E-state index in [0.717, 1.165) is 12.6 Å². The van der Waals surface area contributed by atoms with E-state index in [2.05, 4.69) is 4.57 Å². The van der Waals surface area contributed by atoms with Crippen LogP contribution >= 0.6 is 0 Å². The normalized spacial score (nSPS) is 11.2. The van der Waals surface area contributed by atoms with Gasteiger partial charge in [0.05, 0.1) is 19.6 Å². The van der Waals surface area contributed by atoms with Crippen molar-refractivity contribution in [3.8, 4) is 0 Å². The maximum atomic E-state index is 5.34. The maximum absolute atomic E-state index is 5.34. The predicted molar refractivity (Wildman–Crippen MR) is 57.2 cm³/mol. The molecule has 0 spiro atoms. The molecule has 0 aliphatic carbocycles. The first-order valence-electron chi connectivity index (χ1n) is 4.82. The fourth-order valence-electron chi connectivity index (χ4n) is 1.46. The summed E-state index contributed by atoms with van der Waals surface area (Å²) in [5.74, 6) is 0. The Hall–Kier alpha value is -0.403. The summed E-state index contributed by atoms with van der Waals surface area (Å²) in [4.78, 5) is 0. The summed E-state index contributed by atoms with van der Waals surface area (Å²) in [7, 11) is 4.47. The lowest BCUT2D eigenvalue weighted by Gasteiger charge is -2.23. The van der Waals surface area contributed by atoms with Crippen LogP contribution in [0.3, 0.4) is 0 Å². The number of aryl methyl sites for hydroxylation is 2. The van der Waals surface area contributed by atoms with Crippen molar-refractivity contribution in [3.05, 3.63) is 18.7 Å². The van der Waals surface area contributed by atoms with Gasteiger partial charge in [0, 0.05) is 21.3 Å². The SMILES string of the molecule is CO[Si](CCn1cc[n+](C)c1)(OC)OC.[Cl-]. The molecule has 94 valence electrons. The quantitative estimate of drug-likeness (QED) is 0.412. The number of halogens is 1. The molecular weight excluding hydrogens is 248 g/mol. The Kier molecular flexibility index (Phi) is 6.85. The molecular formula is C9H19ClN2O3Si. The van der Waals surface area contributed by atoms with E-state index in [1.807, 2.05) is 30.3 Å². The summed E-state index contributed by atoms with van der Waals surface area (Å²) < 4.78 is 20.1. The summed E-state index contributed by atoms with van der Waals surface area (Å²) >= 11 is 0. The van der Waals surface area contributed by atoms with Gasteiger partial charge in [0.15, 0.2) is 0 Å². The van der Waals surface area contributed by atoms with E-state index in [1.165, 1.54) is 0 Å². The molecule has 0 aromatic carbocycles. The van der Waals surface area contributed by atoms with Crippen LogP contribution in [0, 0.1) is 0 Å². The highest BCUT2D eigenvalue weighted by atomic mass is 35.5. The molecule has 0 amide bonds. The molecule has 0 aliphatic rings. The van der Waals surface area contributed by atoms with Crippen molar-refractivity contribution in [2.75, 3.05) is 21.3 Å². The van der Waals surface area contributed by atoms with Gasteiger partial charge in [-0.15, -0.1) is 0 Å². The van der Waals surface area contributed by atoms with Crippen LogP contribution in [0.5, 0.6) is 0 Å². The smallest absolute Gasteiger partial charge is 0.504 e. The summed E-state index contributed by atoms with van der Waals surface area (Å²) in [5.41, 5.74) is 0. The first-order valence-corrected chi connectivity index (χ1v) is 6.75. The van der Waals surface area contributed by atoms with Crippen LogP contribution in [-0.4, -0.2) is 34.7 Å². The average Bonchev–Trinajstić information content (AvgIpc) is 2.67. The molecule has 7 heteroatoms. The standard InChI is InChI=1S/C9H19N2O3Si.ClH/c1-10-5-6-11(9-10)7-8-15(12-2,13-3)14-4;/h5-6,9H,7-8H2,1-4H3;1H/q+1;/p-1. The molecule has 0 aliphatic heterocycles. The highest BCUT2D eigenvalue weighted by Gasteiger charge is 2.38. The van der Waals surface area contributed by atoms with Crippen LogP contribution in [0.2, 0.25) is 6.04 Å². The zero-order valence-electron chi connectivity index (χ0n) is 10.1. The minimum atomic E-state index is -2.42. The topological polar surface area (TPSA) is 36.5 Å². The van der Waals surface area contributed by atoms with E-state index in [-0.39, 0.29) is 12.4 Å². The zero-order chi connectivity index (χ0) is 11.3. The molecule has 0 atom stereocenters. The van der Waals surface area contributed by atoms with Crippen LogP contribution in [0.25, 0.3) is 0 Å². The first-order chi connectivity index (χ1) is 7.15. The van der Waals surface area contributed by atoms with E-state index < -0.39 is 8.80 Å². The van der Waals surface area contributed by atoms with E-state index in [9.17, 15) is 0 Å². The molecule has 0 saturated carbocycles. The van der Waals surface area contributed by atoms with E-state index in [0.29, 0.717) is 0 Å². The molecule has 1 aromatic rings. The Morgan fingerprint density at radius 3 is 2.12 bits per heavy atom. The van der Waals surface area contributed by atoms with Gasteiger partial charge in [-0.2, -0.15) is 0 Å². The second-order valence-electron chi connectivity index (χ2n) is 3.36. The number of hydrogen-bond acceptors (Lipinski definition) is 3. The number of aromatic nitrogens is 2. The Morgan fingerprint density at radius 2 is 1.75 bits per heavy atom. The molecule has 0 unspecified atom stereocenters. The van der Waals surface area contributed by atoms with Crippen molar-refractivity contribution in [1.29, 1.82) is 0 Å². The summed E-state index contributed by atoms with van der Waals surface area (Å²) in [5, 5.41) is 0. The van der Waals surface area contributed by atoms with Crippen molar-refractivity contribution in [2.24, 2.45) is 7.05 Å². The molecule has 16 heavy (non-hydrogen) atoms. The molecule has 0 bridgehead atoms. The summed E-state index contributed by atoms with van der Waals surface area (Å²) in [6, 6.07) is 0.769. The maximum Gasteiger partial charge on any atom is 0.504 e. The van der Waals surface area contributed by atoms with Crippen molar-refractivity contribution >= 4 is 8.80 Å². The van der Waals surface area contributed by atoms with Gasteiger partial charge in [0.1, 0.15) is 12.4 Å². The fourth-order valence-corrected chi connectivity index (χ4v) is 3.10. The van der Waals surface area contributed by atoms with Crippen molar-refractivity contribution < 1.29 is 30.3 Å². The molecule has 0 fully saturated rings. The molecule has 0 saturated heterocycles. The Labute approximate surface area is 104 Å². The van der Waals surface area contributed by atoms with Crippen LogP contribution in [0.4, 0.5) is 0 Å². The predicted octanol–water partition coefficient (Wildman–Crippen LogP) is -2.81. The lowest BCUT2D eigenvalue weighted by molar-refractivity contribution is -0.671. The molecule has 1 heterocycles.